The molecule has 0 bridgehead atoms. The number of pyridine rings is 1. The van der Waals surface area contributed by atoms with Crippen LogP contribution in [0.15, 0.2) is 29.1 Å². The van der Waals surface area contributed by atoms with Crippen LogP contribution in [-0.4, -0.2) is 4.98 Å². The lowest BCUT2D eigenvalue weighted by Gasteiger charge is -2.16. The molecule has 0 saturated heterocycles. The van der Waals surface area contributed by atoms with Crippen LogP contribution in [0.2, 0.25) is 0 Å². The summed E-state index contributed by atoms with van der Waals surface area (Å²) in [6, 6.07) is 1.92. The van der Waals surface area contributed by atoms with Crippen LogP contribution in [0, 0.1) is 0 Å². The van der Waals surface area contributed by atoms with Crippen LogP contribution in [-0.2, 0) is 5.54 Å². The van der Waals surface area contributed by atoms with E-state index in [2.05, 4.69) is 4.98 Å². The standard InChI is InChI=1S/C10H12N2O/c1-10(2,11)8-6-13-9-5-12-4-3-7(8)9/h3-6H,11H2,1-2H3. The molecule has 0 unspecified atom stereocenters. The Morgan fingerprint density at radius 2 is 2.23 bits per heavy atom. The molecule has 2 heterocycles. The third kappa shape index (κ3) is 1.31. The van der Waals surface area contributed by atoms with Gasteiger partial charge in [0.2, 0.25) is 0 Å². The highest BCUT2D eigenvalue weighted by Crippen LogP contribution is 2.27. The monoisotopic (exact) mass is 176 g/mol. The zero-order valence-corrected chi connectivity index (χ0v) is 7.74. The van der Waals surface area contributed by atoms with Crippen LogP contribution < -0.4 is 5.73 Å². The third-order valence-corrected chi connectivity index (χ3v) is 2.07. The summed E-state index contributed by atoms with van der Waals surface area (Å²) < 4.78 is 5.33. The summed E-state index contributed by atoms with van der Waals surface area (Å²) >= 11 is 0. The van der Waals surface area contributed by atoms with Gasteiger partial charge in [0.05, 0.1) is 12.5 Å². The lowest BCUT2D eigenvalue weighted by atomic mass is 9.96. The van der Waals surface area contributed by atoms with Gasteiger partial charge in [0.15, 0.2) is 5.58 Å². The summed E-state index contributed by atoms with van der Waals surface area (Å²) in [4.78, 5) is 3.97. The molecular formula is C10H12N2O. The van der Waals surface area contributed by atoms with Crippen LogP contribution in [0.25, 0.3) is 11.0 Å². The van der Waals surface area contributed by atoms with Crippen molar-refractivity contribution in [2.24, 2.45) is 5.73 Å². The van der Waals surface area contributed by atoms with E-state index in [9.17, 15) is 0 Å². The minimum absolute atomic E-state index is 0.368. The van der Waals surface area contributed by atoms with Crippen LogP contribution in [0.4, 0.5) is 0 Å². The Kier molecular flexibility index (Phi) is 1.63. The summed E-state index contributed by atoms with van der Waals surface area (Å²) in [6.45, 7) is 3.91. The van der Waals surface area contributed by atoms with Gasteiger partial charge in [0.25, 0.3) is 0 Å². The van der Waals surface area contributed by atoms with Crippen molar-refractivity contribution in [3.05, 3.63) is 30.3 Å². The second-order valence-electron chi connectivity index (χ2n) is 3.74. The van der Waals surface area contributed by atoms with Gasteiger partial charge in [0, 0.05) is 22.7 Å². The zero-order valence-electron chi connectivity index (χ0n) is 7.74. The summed E-state index contributed by atoms with van der Waals surface area (Å²) in [5, 5.41) is 1.04. The number of furan rings is 1. The maximum Gasteiger partial charge on any atom is 0.152 e. The van der Waals surface area contributed by atoms with E-state index in [4.69, 9.17) is 10.2 Å². The highest BCUT2D eigenvalue weighted by Gasteiger charge is 2.19. The number of nitrogens with zero attached hydrogens (tertiary/aromatic N) is 1. The SMILES string of the molecule is CC(C)(N)c1coc2cnccc12. The van der Waals surface area contributed by atoms with Crippen LogP contribution >= 0.6 is 0 Å². The largest absolute Gasteiger partial charge is 0.462 e. The van der Waals surface area contributed by atoms with Crippen LogP contribution in [0.3, 0.4) is 0 Å². The average molecular weight is 176 g/mol. The Morgan fingerprint density at radius 3 is 2.92 bits per heavy atom. The van der Waals surface area contributed by atoms with E-state index in [-0.39, 0.29) is 5.54 Å². The van der Waals surface area contributed by atoms with Gasteiger partial charge in [-0.3, -0.25) is 4.98 Å². The van der Waals surface area contributed by atoms with Gasteiger partial charge >= 0.3 is 0 Å². The smallest absolute Gasteiger partial charge is 0.152 e. The predicted molar refractivity (Wildman–Crippen MR) is 51.2 cm³/mol. The molecule has 0 aromatic carbocycles. The van der Waals surface area contributed by atoms with E-state index < -0.39 is 0 Å². The fraction of sp³-hybridized carbons (Fsp3) is 0.300. The van der Waals surface area contributed by atoms with Crippen molar-refractivity contribution in [1.29, 1.82) is 0 Å². The van der Waals surface area contributed by atoms with Gasteiger partial charge in [-0.05, 0) is 19.9 Å². The van der Waals surface area contributed by atoms with E-state index in [1.165, 1.54) is 0 Å². The second kappa shape index (κ2) is 2.57. The Hall–Kier alpha value is -1.35. The lowest BCUT2D eigenvalue weighted by molar-refractivity contribution is 0.534. The van der Waals surface area contributed by atoms with Gasteiger partial charge in [-0.2, -0.15) is 0 Å². The Morgan fingerprint density at radius 1 is 1.46 bits per heavy atom. The minimum atomic E-state index is -0.368. The maximum absolute atomic E-state index is 5.99. The van der Waals surface area contributed by atoms with E-state index in [0.29, 0.717) is 0 Å². The van der Waals surface area contributed by atoms with E-state index >= 15 is 0 Å². The van der Waals surface area contributed by atoms with Crippen LogP contribution in [0.5, 0.6) is 0 Å². The average Bonchev–Trinajstić information content (AvgIpc) is 2.45. The first-order valence-electron chi connectivity index (χ1n) is 4.19. The molecule has 3 heteroatoms. The first kappa shape index (κ1) is 8.26. The van der Waals surface area contributed by atoms with E-state index in [1.807, 2.05) is 19.9 Å². The fourth-order valence-corrected chi connectivity index (χ4v) is 1.38. The number of rotatable bonds is 1. The van der Waals surface area contributed by atoms with Gasteiger partial charge in [0.1, 0.15) is 0 Å². The Balaban J connectivity index is 2.72. The molecule has 3 nitrogen and oxygen atoms in total. The van der Waals surface area contributed by atoms with E-state index in [0.717, 1.165) is 16.5 Å². The second-order valence-corrected chi connectivity index (χ2v) is 3.74. The molecule has 68 valence electrons. The van der Waals surface area contributed by atoms with Crippen molar-refractivity contribution in [3.8, 4) is 0 Å². The quantitative estimate of drug-likeness (QED) is 0.723. The normalized spacial score (nSPS) is 12.2. The van der Waals surface area contributed by atoms with Gasteiger partial charge in [-0.15, -0.1) is 0 Å². The van der Waals surface area contributed by atoms with Crippen LogP contribution in [0.1, 0.15) is 19.4 Å². The fourth-order valence-electron chi connectivity index (χ4n) is 1.38. The van der Waals surface area contributed by atoms with Crippen molar-refractivity contribution in [3.63, 3.8) is 0 Å². The molecule has 0 aliphatic heterocycles. The molecule has 2 aromatic heterocycles. The number of fused-ring (bicyclic) bond motifs is 1. The molecule has 2 aromatic rings. The Bertz CT molecular complexity index is 426. The van der Waals surface area contributed by atoms with Gasteiger partial charge in [-0.25, -0.2) is 0 Å². The first-order chi connectivity index (χ1) is 6.09. The van der Waals surface area contributed by atoms with Gasteiger partial charge < -0.3 is 10.2 Å². The van der Waals surface area contributed by atoms with E-state index in [1.54, 1.807) is 18.7 Å². The molecule has 0 aliphatic carbocycles. The van der Waals surface area contributed by atoms with Crippen molar-refractivity contribution in [1.82, 2.24) is 4.98 Å². The third-order valence-electron chi connectivity index (χ3n) is 2.07. The number of hydrogen-bond donors (Lipinski definition) is 1. The Labute approximate surface area is 76.6 Å². The summed E-state index contributed by atoms with van der Waals surface area (Å²) in [7, 11) is 0. The topological polar surface area (TPSA) is 52.0 Å². The lowest BCUT2D eigenvalue weighted by Crippen LogP contribution is -2.28. The predicted octanol–water partition coefficient (Wildman–Crippen LogP) is 2.02. The number of aromatic nitrogens is 1. The molecule has 0 spiro atoms. The molecular weight excluding hydrogens is 164 g/mol. The molecule has 2 rings (SSSR count). The summed E-state index contributed by atoms with van der Waals surface area (Å²) in [5.41, 5.74) is 7.42. The molecule has 0 fully saturated rings. The molecule has 0 atom stereocenters. The zero-order chi connectivity index (χ0) is 9.47. The molecule has 0 saturated carbocycles. The van der Waals surface area contributed by atoms with Gasteiger partial charge in [-0.1, -0.05) is 0 Å². The van der Waals surface area contributed by atoms with Crippen molar-refractivity contribution >= 4 is 11.0 Å². The summed E-state index contributed by atoms with van der Waals surface area (Å²) in [6.07, 6.45) is 5.14. The van der Waals surface area contributed by atoms with Crippen molar-refractivity contribution in [2.75, 3.05) is 0 Å². The molecule has 0 aliphatic rings. The van der Waals surface area contributed by atoms with Crippen molar-refractivity contribution < 1.29 is 4.42 Å². The maximum atomic E-state index is 5.99. The first-order valence-corrected chi connectivity index (χ1v) is 4.19. The summed E-state index contributed by atoms with van der Waals surface area (Å²) in [5.74, 6) is 0. The highest BCUT2D eigenvalue weighted by molar-refractivity contribution is 5.80. The van der Waals surface area contributed by atoms with Crippen molar-refractivity contribution in [2.45, 2.75) is 19.4 Å². The molecule has 2 N–H and O–H groups in total. The molecule has 0 amide bonds. The molecule has 13 heavy (non-hydrogen) atoms. The number of hydrogen-bond acceptors (Lipinski definition) is 3. The minimum Gasteiger partial charge on any atom is -0.462 e. The number of nitrogens with two attached hydrogens (primary N) is 1. The highest BCUT2D eigenvalue weighted by atomic mass is 16.3. The molecule has 0 radical (unpaired) electrons.